The van der Waals surface area contributed by atoms with E-state index in [4.69, 9.17) is 18.9 Å². The first-order valence-electron chi connectivity index (χ1n) is 35.4. The average molecular weight is 1280 g/mol. The van der Waals surface area contributed by atoms with Gasteiger partial charge in [0.15, 0.2) is 34.6 Å². The molecule has 0 spiro atoms. The van der Waals surface area contributed by atoms with Crippen molar-refractivity contribution in [2.75, 3.05) is 0 Å². The van der Waals surface area contributed by atoms with Gasteiger partial charge in [-0.15, -0.1) is 0 Å². The Morgan fingerprint density at radius 3 is 0.830 bits per heavy atom. The molecule has 0 aliphatic heterocycles. The zero-order valence-electron chi connectivity index (χ0n) is 55.9. The van der Waals surface area contributed by atoms with Gasteiger partial charge < -0.3 is 18.9 Å². The maximum atomic E-state index is 15.4. The standard InChI is InChI=1S/C83H99F2NO8/c1-3-5-7-9-11-13-15-17-19-21-23-25-27-29-31-33-36-63-40-44-65(45-41-63)67-48-52-69(53-49-67)80(87)93-78-58-56-71(60-74(78)84)82(89)91-76-38-35-39-77(73(76)62-86)92-83(90)72-57-59-79(75(85)61-72)94-81(88)70-54-50-68(51-55-70)66-46-42-64(43-47-66)37-34-32-30-28-26-24-22-20-18-16-14-12-10-8-6-4-2/h35,38-61H,3-34,36-37H2,1-2H3. The fraction of sp³-hybridized carbons (Fsp3) is 0.434. The van der Waals surface area contributed by atoms with Crippen molar-refractivity contribution >= 4 is 23.9 Å². The van der Waals surface area contributed by atoms with Gasteiger partial charge in [-0.1, -0.05) is 285 Å². The van der Waals surface area contributed by atoms with Gasteiger partial charge in [0.2, 0.25) is 0 Å². The highest BCUT2D eigenvalue weighted by Crippen LogP contribution is 2.32. The third kappa shape index (κ3) is 25.6. The molecule has 11 heteroatoms. The Hall–Kier alpha value is -8.23. The Morgan fingerprint density at radius 1 is 0.309 bits per heavy atom. The number of halogens is 2. The molecule has 9 nitrogen and oxygen atoms in total. The van der Waals surface area contributed by atoms with E-state index in [0.29, 0.717) is 0 Å². The lowest BCUT2D eigenvalue weighted by molar-refractivity contribution is 0.0716. The third-order valence-corrected chi connectivity index (χ3v) is 17.7. The van der Waals surface area contributed by atoms with E-state index in [0.717, 1.165) is 59.4 Å². The molecule has 0 atom stereocenters. The van der Waals surface area contributed by atoms with Crippen LogP contribution in [0, 0.1) is 23.0 Å². The van der Waals surface area contributed by atoms with Crippen molar-refractivity contribution in [1.82, 2.24) is 0 Å². The van der Waals surface area contributed by atoms with Crippen molar-refractivity contribution in [2.45, 2.75) is 232 Å². The van der Waals surface area contributed by atoms with Crippen LogP contribution in [0.25, 0.3) is 22.3 Å². The van der Waals surface area contributed by atoms with Crippen LogP contribution in [0.5, 0.6) is 23.0 Å². The highest BCUT2D eigenvalue weighted by molar-refractivity contribution is 5.95. The minimum absolute atomic E-state index is 0.198. The Bertz CT molecular complexity index is 3220. The van der Waals surface area contributed by atoms with Gasteiger partial charge in [0.1, 0.15) is 11.6 Å². The van der Waals surface area contributed by atoms with Crippen LogP contribution in [-0.4, -0.2) is 23.9 Å². The molecule has 0 bridgehead atoms. The van der Waals surface area contributed by atoms with Gasteiger partial charge in [-0.05, 0) is 132 Å². The Morgan fingerprint density at radius 2 is 0.553 bits per heavy atom. The van der Waals surface area contributed by atoms with Crippen LogP contribution in [0.15, 0.2) is 152 Å². The quantitative estimate of drug-likeness (QED) is 0.0208. The molecule has 0 aliphatic rings. The number of carbonyl (C=O) groups excluding carboxylic acids is 4. The molecule has 0 heterocycles. The number of nitriles is 1. The summed E-state index contributed by atoms with van der Waals surface area (Å²) < 4.78 is 52.5. The molecule has 7 aromatic carbocycles. The van der Waals surface area contributed by atoms with Gasteiger partial charge >= 0.3 is 23.9 Å². The van der Waals surface area contributed by atoms with Crippen molar-refractivity contribution in [2.24, 2.45) is 0 Å². The van der Waals surface area contributed by atoms with Crippen LogP contribution in [0.3, 0.4) is 0 Å². The van der Waals surface area contributed by atoms with E-state index in [1.807, 2.05) is 6.07 Å². The molecule has 7 aromatic rings. The van der Waals surface area contributed by atoms with Crippen molar-refractivity contribution in [3.05, 3.63) is 202 Å². The zero-order valence-corrected chi connectivity index (χ0v) is 55.9. The summed E-state index contributed by atoms with van der Waals surface area (Å²) in [7, 11) is 0. The molecule has 0 saturated carbocycles. The van der Waals surface area contributed by atoms with Gasteiger partial charge in [0.05, 0.1) is 22.3 Å². The minimum Gasteiger partial charge on any atom is -0.421 e. The van der Waals surface area contributed by atoms with E-state index in [-0.39, 0.29) is 39.3 Å². The fourth-order valence-corrected chi connectivity index (χ4v) is 11.9. The monoisotopic (exact) mass is 1280 g/mol. The molecule has 0 unspecified atom stereocenters. The number of esters is 4. The molecule has 0 aromatic heterocycles. The fourth-order valence-electron chi connectivity index (χ4n) is 11.9. The first-order chi connectivity index (χ1) is 46.0. The first kappa shape index (κ1) is 73.2. The Kier molecular flexibility index (Phi) is 32.8. The first-order valence-corrected chi connectivity index (χ1v) is 35.4. The number of nitrogens with zero attached hydrogens (tertiary/aromatic N) is 1. The van der Waals surface area contributed by atoms with E-state index in [2.05, 4.69) is 62.4 Å². The molecule has 0 amide bonds. The van der Waals surface area contributed by atoms with E-state index in [1.165, 1.54) is 247 Å². The summed E-state index contributed by atoms with van der Waals surface area (Å²) in [5.74, 6) is -7.23. The van der Waals surface area contributed by atoms with Gasteiger partial charge in [-0.3, -0.25) is 0 Å². The Labute approximate surface area is 559 Å². The average Bonchev–Trinajstić information content (AvgIpc) is 0.979. The third-order valence-electron chi connectivity index (χ3n) is 17.7. The summed E-state index contributed by atoms with van der Waals surface area (Å²) in [6.07, 6.45) is 45.2. The van der Waals surface area contributed by atoms with Crippen molar-refractivity contribution < 1.29 is 46.9 Å². The molecular weight excluding hydrogens is 1180 g/mol. The molecule has 0 radical (unpaired) electrons. The highest BCUT2D eigenvalue weighted by atomic mass is 19.1. The van der Waals surface area contributed by atoms with Gasteiger partial charge in [0.25, 0.3) is 0 Å². The minimum atomic E-state index is -1.07. The second-order valence-electron chi connectivity index (χ2n) is 25.2. The van der Waals surface area contributed by atoms with Crippen LogP contribution in [0.1, 0.15) is 277 Å². The zero-order chi connectivity index (χ0) is 66.4. The summed E-state index contributed by atoms with van der Waals surface area (Å²) in [6.45, 7) is 4.54. The number of aryl methyl sites for hydroxylation is 2. The van der Waals surface area contributed by atoms with Crippen LogP contribution in [-0.2, 0) is 12.8 Å². The second-order valence-corrected chi connectivity index (χ2v) is 25.2. The Balaban J connectivity index is 0.786. The largest absolute Gasteiger partial charge is 0.421 e. The summed E-state index contributed by atoms with van der Waals surface area (Å²) in [4.78, 5) is 52.9. The SMILES string of the molecule is CCCCCCCCCCCCCCCCCCc1ccc(-c2ccc(C(=O)Oc3ccc(C(=O)Oc4cccc(OC(=O)c5ccc(OC(=O)c6ccc(-c7ccc(CCCCCCCCCCCCCCCCCC)cc7)cc6)c(F)c5)c4C#N)cc3F)cc2)cc1. The van der Waals surface area contributed by atoms with Crippen LogP contribution in [0.4, 0.5) is 8.78 Å². The smallest absolute Gasteiger partial charge is 0.343 e. The maximum Gasteiger partial charge on any atom is 0.343 e. The molecular formula is C83H99F2NO8. The maximum absolute atomic E-state index is 15.4. The number of hydrogen-bond acceptors (Lipinski definition) is 9. The van der Waals surface area contributed by atoms with Crippen molar-refractivity contribution in [1.29, 1.82) is 5.26 Å². The summed E-state index contributed by atoms with van der Waals surface area (Å²) in [6, 6.07) is 42.6. The second kappa shape index (κ2) is 42.2. The normalized spacial score (nSPS) is 11.1. The summed E-state index contributed by atoms with van der Waals surface area (Å²) in [5.41, 5.74) is 5.92. The lowest BCUT2D eigenvalue weighted by Gasteiger charge is -2.12. The van der Waals surface area contributed by atoms with Crippen molar-refractivity contribution in [3.8, 4) is 51.3 Å². The lowest BCUT2D eigenvalue weighted by atomic mass is 10.00. The topological polar surface area (TPSA) is 129 Å². The lowest BCUT2D eigenvalue weighted by Crippen LogP contribution is -2.14. The van der Waals surface area contributed by atoms with E-state index >= 15 is 8.78 Å². The van der Waals surface area contributed by atoms with Crippen LogP contribution >= 0.6 is 0 Å². The summed E-state index contributed by atoms with van der Waals surface area (Å²) >= 11 is 0. The van der Waals surface area contributed by atoms with Gasteiger partial charge in [-0.25, -0.2) is 28.0 Å². The van der Waals surface area contributed by atoms with Crippen molar-refractivity contribution in [3.63, 3.8) is 0 Å². The molecule has 0 N–H and O–H groups in total. The van der Waals surface area contributed by atoms with E-state index in [1.54, 1.807) is 48.5 Å². The predicted molar refractivity (Wildman–Crippen MR) is 374 cm³/mol. The number of rotatable bonds is 44. The molecule has 94 heavy (non-hydrogen) atoms. The predicted octanol–water partition coefficient (Wildman–Crippen LogP) is 23.7. The molecule has 0 aliphatic carbocycles. The molecule has 7 rings (SSSR count). The number of carbonyl (C=O) groups is 4. The molecule has 0 fully saturated rings. The summed E-state index contributed by atoms with van der Waals surface area (Å²) in [5, 5.41) is 10.1. The van der Waals surface area contributed by atoms with E-state index in [9.17, 15) is 24.4 Å². The number of ether oxygens (including phenoxy) is 4. The number of unbranched alkanes of at least 4 members (excludes halogenated alkanes) is 30. The van der Waals surface area contributed by atoms with E-state index < -0.39 is 47.0 Å². The number of benzene rings is 7. The van der Waals surface area contributed by atoms with Gasteiger partial charge in [0, 0.05) is 0 Å². The van der Waals surface area contributed by atoms with Crippen LogP contribution in [0.2, 0.25) is 0 Å². The molecule has 0 saturated heterocycles. The van der Waals surface area contributed by atoms with Gasteiger partial charge in [-0.2, -0.15) is 5.26 Å². The number of hydrogen-bond donors (Lipinski definition) is 0. The van der Waals surface area contributed by atoms with Crippen LogP contribution < -0.4 is 18.9 Å². The highest BCUT2D eigenvalue weighted by Gasteiger charge is 2.22. The molecule has 498 valence electrons.